The van der Waals surface area contributed by atoms with Crippen molar-refractivity contribution in [3.63, 3.8) is 0 Å². The first-order valence-corrected chi connectivity index (χ1v) is 3.45. The summed E-state index contributed by atoms with van der Waals surface area (Å²) in [5.74, 6) is 0.371. The monoisotopic (exact) mass is 173 g/mol. The lowest BCUT2D eigenvalue weighted by molar-refractivity contribution is 0.0819. The summed E-state index contributed by atoms with van der Waals surface area (Å²) in [6.45, 7) is -0.594. The molecule has 0 atom stereocenters. The Labute approximate surface area is 68.9 Å². The van der Waals surface area contributed by atoms with Gasteiger partial charge in [0.25, 0.3) is 6.43 Å². The molecule has 66 valence electrons. The van der Waals surface area contributed by atoms with Crippen molar-refractivity contribution in [2.45, 2.75) is 6.43 Å². The van der Waals surface area contributed by atoms with Crippen LogP contribution in [0.25, 0.3) is 0 Å². The normalized spacial score (nSPS) is 10.2. The summed E-state index contributed by atoms with van der Waals surface area (Å²) >= 11 is 0. The molecule has 0 unspecified atom stereocenters. The maximum Gasteiger partial charge on any atom is 0.272 e. The number of alkyl halides is 2. The number of rotatable bonds is 3. The highest BCUT2D eigenvalue weighted by atomic mass is 19.3. The van der Waals surface area contributed by atoms with Gasteiger partial charge >= 0.3 is 0 Å². The SMILES string of the molecule is Nc1cccc(OCC(F)F)c1. The summed E-state index contributed by atoms with van der Waals surface area (Å²) in [4.78, 5) is 0. The molecule has 0 aromatic heterocycles. The number of nitrogens with two attached hydrogens (primary N) is 1. The average molecular weight is 173 g/mol. The molecule has 0 saturated heterocycles. The molecule has 0 spiro atoms. The van der Waals surface area contributed by atoms with Crippen molar-refractivity contribution in [2.24, 2.45) is 0 Å². The summed E-state index contributed by atoms with van der Waals surface area (Å²) in [5.41, 5.74) is 5.90. The summed E-state index contributed by atoms with van der Waals surface area (Å²) in [6.07, 6.45) is -2.45. The van der Waals surface area contributed by atoms with Gasteiger partial charge in [-0.2, -0.15) is 0 Å². The van der Waals surface area contributed by atoms with E-state index < -0.39 is 13.0 Å². The van der Waals surface area contributed by atoms with Gasteiger partial charge in [-0.25, -0.2) is 8.78 Å². The molecule has 2 nitrogen and oxygen atoms in total. The van der Waals surface area contributed by atoms with E-state index in [-0.39, 0.29) is 0 Å². The summed E-state index contributed by atoms with van der Waals surface area (Å²) < 4.78 is 28.0. The van der Waals surface area contributed by atoms with E-state index >= 15 is 0 Å². The fourth-order valence-corrected chi connectivity index (χ4v) is 0.764. The van der Waals surface area contributed by atoms with Gasteiger partial charge in [0.05, 0.1) is 0 Å². The van der Waals surface area contributed by atoms with Crippen molar-refractivity contribution in [1.82, 2.24) is 0 Å². The molecular weight excluding hydrogens is 164 g/mol. The molecule has 4 heteroatoms. The van der Waals surface area contributed by atoms with E-state index in [0.717, 1.165) is 0 Å². The lowest BCUT2D eigenvalue weighted by atomic mass is 10.3. The molecule has 2 N–H and O–H groups in total. The van der Waals surface area contributed by atoms with Crippen LogP contribution in [-0.2, 0) is 0 Å². The van der Waals surface area contributed by atoms with E-state index in [0.29, 0.717) is 11.4 Å². The van der Waals surface area contributed by atoms with Crippen LogP contribution in [0, 0.1) is 0 Å². The van der Waals surface area contributed by atoms with Crippen molar-refractivity contribution in [2.75, 3.05) is 12.3 Å². The Hall–Kier alpha value is -1.32. The van der Waals surface area contributed by atoms with Crippen LogP contribution in [0.1, 0.15) is 0 Å². The van der Waals surface area contributed by atoms with Crippen LogP contribution in [0.3, 0.4) is 0 Å². The quantitative estimate of drug-likeness (QED) is 0.708. The third kappa shape index (κ3) is 2.74. The van der Waals surface area contributed by atoms with Gasteiger partial charge in [0, 0.05) is 11.8 Å². The summed E-state index contributed by atoms with van der Waals surface area (Å²) in [6, 6.07) is 6.40. The fraction of sp³-hybridized carbons (Fsp3) is 0.250. The predicted molar refractivity (Wildman–Crippen MR) is 42.4 cm³/mol. The summed E-state index contributed by atoms with van der Waals surface area (Å²) in [7, 11) is 0. The second-order valence-corrected chi connectivity index (χ2v) is 2.27. The van der Waals surface area contributed by atoms with Crippen molar-refractivity contribution in [1.29, 1.82) is 0 Å². The Balaban J connectivity index is 2.52. The van der Waals surface area contributed by atoms with E-state index in [1.807, 2.05) is 0 Å². The van der Waals surface area contributed by atoms with Gasteiger partial charge in [-0.15, -0.1) is 0 Å². The molecule has 0 aliphatic rings. The van der Waals surface area contributed by atoms with Crippen LogP contribution in [0.4, 0.5) is 14.5 Å². The van der Waals surface area contributed by atoms with E-state index in [2.05, 4.69) is 0 Å². The number of nitrogen functional groups attached to an aromatic ring is 1. The van der Waals surface area contributed by atoms with Crippen molar-refractivity contribution in [3.05, 3.63) is 24.3 Å². The number of hydrogen-bond donors (Lipinski definition) is 1. The standard InChI is InChI=1S/C8H9F2NO/c9-8(10)5-12-7-3-1-2-6(11)4-7/h1-4,8H,5,11H2. The molecule has 1 rings (SSSR count). The number of benzene rings is 1. The number of hydrogen-bond acceptors (Lipinski definition) is 2. The third-order valence-corrected chi connectivity index (χ3v) is 1.23. The smallest absolute Gasteiger partial charge is 0.272 e. The van der Waals surface area contributed by atoms with Crippen molar-refractivity contribution < 1.29 is 13.5 Å². The number of halogens is 2. The number of anilines is 1. The van der Waals surface area contributed by atoms with Crippen LogP contribution in [0.5, 0.6) is 5.75 Å². The van der Waals surface area contributed by atoms with Crippen LogP contribution in [0.15, 0.2) is 24.3 Å². The lowest BCUT2D eigenvalue weighted by Crippen LogP contribution is -2.06. The lowest BCUT2D eigenvalue weighted by Gasteiger charge is -2.04. The molecule has 0 radical (unpaired) electrons. The topological polar surface area (TPSA) is 35.2 Å². The molecule has 1 aromatic carbocycles. The molecule has 0 heterocycles. The molecule has 0 amide bonds. The van der Waals surface area contributed by atoms with E-state index in [1.165, 1.54) is 6.07 Å². The van der Waals surface area contributed by atoms with Gasteiger partial charge in [-0.05, 0) is 12.1 Å². The van der Waals surface area contributed by atoms with Crippen LogP contribution < -0.4 is 10.5 Å². The Bertz CT molecular complexity index is 253. The highest BCUT2D eigenvalue weighted by Gasteiger charge is 2.02. The highest BCUT2D eigenvalue weighted by Crippen LogP contribution is 2.14. The first-order valence-electron chi connectivity index (χ1n) is 3.45. The van der Waals surface area contributed by atoms with Gasteiger partial charge in [-0.3, -0.25) is 0 Å². The zero-order chi connectivity index (χ0) is 8.97. The second kappa shape index (κ2) is 3.90. The van der Waals surface area contributed by atoms with Gasteiger partial charge in [-0.1, -0.05) is 6.07 Å². The van der Waals surface area contributed by atoms with Crippen LogP contribution in [0.2, 0.25) is 0 Å². The maximum atomic E-state index is 11.7. The molecule has 0 bridgehead atoms. The molecule has 12 heavy (non-hydrogen) atoms. The Morgan fingerprint density at radius 3 is 2.75 bits per heavy atom. The predicted octanol–water partition coefficient (Wildman–Crippen LogP) is 1.91. The molecule has 0 fully saturated rings. The van der Waals surface area contributed by atoms with Gasteiger partial charge in [0.2, 0.25) is 0 Å². The second-order valence-electron chi connectivity index (χ2n) is 2.27. The third-order valence-electron chi connectivity index (χ3n) is 1.23. The number of ether oxygens (including phenoxy) is 1. The van der Waals surface area contributed by atoms with Crippen molar-refractivity contribution in [3.8, 4) is 5.75 Å². The molecule has 1 aromatic rings. The Morgan fingerprint density at radius 1 is 1.42 bits per heavy atom. The van der Waals surface area contributed by atoms with Gasteiger partial charge in [0.1, 0.15) is 12.4 Å². The molecule has 0 aliphatic carbocycles. The van der Waals surface area contributed by atoms with E-state index in [9.17, 15) is 8.78 Å². The average Bonchev–Trinajstić information content (AvgIpc) is 2.01. The minimum atomic E-state index is -2.45. The van der Waals surface area contributed by atoms with Crippen LogP contribution in [-0.4, -0.2) is 13.0 Å². The minimum Gasteiger partial charge on any atom is -0.488 e. The molecule has 0 aliphatic heterocycles. The maximum absolute atomic E-state index is 11.7. The highest BCUT2D eigenvalue weighted by molar-refractivity contribution is 5.43. The largest absolute Gasteiger partial charge is 0.488 e. The first kappa shape index (κ1) is 8.77. The zero-order valence-electron chi connectivity index (χ0n) is 6.34. The zero-order valence-corrected chi connectivity index (χ0v) is 6.34. The summed E-state index contributed by atoms with van der Waals surface area (Å²) in [5, 5.41) is 0. The van der Waals surface area contributed by atoms with Crippen LogP contribution >= 0.6 is 0 Å². The fourth-order valence-electron chi connectivity index (χ4n) is 0.764. The van der Waals surface area contributed by atoms with Crippen molar-refractivity contribution >= 4 is 5.69 Å². The van der Waals surface area contributed by atoms with Gasteiger partial charge < -0.3 is 10.5 Å². The Morgan fingerprint density at radius 2 is 2.17 bits per heavy atom. The Kier molecular flexibility index (Phi) is 2.85. The minimum absolute atomic E-state index is 0.371. The van der Waals surface area contributed by atoms with Gasteiger partial charge in [0.15, 0.2) is 0 Å². The molecular formula is C8H9F2NO. The van der Waals surface area contributed by atoms with E-state index in [1.54, 1.807) is 18.2 Å². The molecule has 0 saturated carbocycles. The van der Waals surface area contributed by atoms with E-state index in [4.69, 9.17) is 10.5 Å². The first-order chi connectivity index (χ1) is 5.68.